The molecule has 0 aliphatic heterocycles. The van der Waals surface area contributed by atoms with Crippen molar-refractivity contribution in [2.24, 2.45) is 0 Å². The van der Waals surface area contributed by atoms with Gasteiger partial charge in [0.05, 0.1) is 6.61 Å². The van der Waals surface area contributed by atoms with Crippen molar-refractivity contribution in [3.05, 3.63) is 34.3 Å². The molecule has 0 radical (unpaired) electrons. The SMILES string of the molecule is CC(Cc1ccccc1Br)N(C)CCO. The monoisotopic (exact) mass is 271 g/mol. The maximum absolute atomic E-state index is 8.86. The molecule has 0 amide bonds. The van der Waals surface area contributed by atoms with E-state index in [2.05, 4.69) is 46.0 Å². The van der Waals surface area contributed by atoms with Gasteiger partial charge in [-0.05, 0) is 32.0 Å². The lowest BCUT2D eigenvalue weighted by molar-refractivity contribution is 0.187. The summed E-state index contributed by atoms with van der Waals surface area (Å²) < 4.78 is 1.16. The molecule has 1 aromatic carbocycles. The summed E-state index contributed by atoms with van der Waals surface area (Å²) in [5.74, 6) is 0. The minimum atomic E-state index is 0.219. The Balaban J connectivity index is 2.58. The highest BCUT2D eigenvalue weighted by molar-refractivity contribution is 9.10. The van der Waals surface area contributed by atoms with Crippen molar-refractivity contribution >= 4 is 15.9 Å². The Morgan fingerprint density at radius 2 is 2.07 bits per heavy atom. The van der Waals surface area contributed by atoms with Crippen LogP contribution in [0.1, 0.15) is 12.5 Å². The Morgan fingerprint density at radius 3 is 2.67 bits per heavy atom. The molecule has 1 N–H and O–H groups in total. The second kappa shape index (κ2) is 6.26. The van der Waals surface area contributed by atoms with Gasteiger partial charge >= 0.3 is 0 Å². The van der Waals surface area contributed by atoms with Gasteiger partial charge in [0.1, 0.15) is 0 Å². The molecule has 0 heterocycles. The van der Waals surface area contributed by atoms with E-state index in [0.29, 0.717) is 6.04 Å². The zero-order valence-corrected chi connectivity index (χ0v) is 10.9. The molecule has 84 valence electrons. The van der Waals surface area contributed by atoms with Crippen molar-refractivity contribution in [3.8, 4) is 0 Å². The van der Waals surface area contributed by atoms with Crippen LogP contribution in [0.5, 0.6) is 0 Å². The van der Waals surface area contributed by atoms with Crippen molar-refractivity contribution in [1.82, 2.24) is 4.90 Å². The van der Waals surface area contributed by atoms with Crippen molar-refractivity contribution in [2.45, 2.75) is 19.4 Å². The standard InChI is InChI=1S/C12H18BrNO/c1-10(14(2)7-8-15)9-11-5-3-4-6-12(11)13/h3-6,10,15H,7-9H2,1-2H3. The van der Waals surface area contributed by atoms with Gasteiger partial charge in [-0.15, -0.1) is 0 Å². The number of likely N-dealkylation sites (N-methyl/N-ethyl adjacent to an activating group) is 1. The number of rotatable bonds is 5. The highest BCUT2D eigenvalue weighted by Gasteiger charge is 2.10. The van der Waals surface area contributed by atoms with Gasteiger partial charge in [-0.1, -0.05) is 34.1 Å². The fourth-order valence-electron chi connectivity index (χ4n) is 1.52. The predicted molar refractivity (Wildman–Crippen MR) is 67.0 cm³/mol. The van der Waals surface area contributed by atoms with E-state index in [1.165, 1.54) is 5.56 Å². The van der Waals surface area contributed by atoms with Crippen LogP contribution >= 0.6 is 15.9 Å². The molecule has 2 nitrogen and oxygen atoms in total. The van der Waals surface area contributed by atoms with Crippen molar-refractivity contribution < 1.29 is 5.11 Å². The molecule has 0 aromatic heterocycles. The summed E-state index contributed by atoms with van der Waals surface area (Å²) in [7, 11) is 2.04. The first-order valence-corrected chi connectivity index (χ1v) is 5.99. The quantitative estimate of drug-likeness (QED) is 0.889. The number of aliphatic hydroxyl groups is 1. The molecule has 1 rings (SSSR count). The molecule has 15 heavy (non-hydrogen) atoms. The summed E-state index contributed by atoms with van der Waals surface area (Å²) >= 11 is 3.54. The van der Waals surface area contributed by atoms with Crippen LogP contribution in [0.2, 0.25) is 0 Å². The molecule has 0 aliphatic carbocycles. The molecule has 0 fully saturated rings. The maximum atomic E-state index is 8.86. The summed E-state index contributed by atoms with van der Waals surface area (Å²) in [6.45, 7) is 3.12. The molecule has 0 saturated carbocycles. The van der Waals surface area contributed by atoms with Crippen molar-refractivity contribution in [2.75, 3.05) is 20.2 Å². The van der Waals surface area contributed by atoms with Crippen molar-refractivity contribution in [3.63, 3.8) is 0 Å². The van der Waals surface area contributed by atoms with Gasteiger partial charge in [-0.2, -0.15) is 0 Å². The predicted octanol–water partition coefficient (Wildman–Crippen LogP) is 2.30. The van der Waals surface area contributed by atoms with Gasteiger partial charge in [0.15, 0.2) is 0 Å². The van der Waals surface area contributed by atoms with Crippen LogP contribution in [-0.4, -0.2) is 36.2 Å². The average Bonchev–Trinajstić information content (AvgIpc) is 2.21. The van der Waals surface area contributed by atoms with Gasteiger partial charge in [0, 0.05) is 17.1 Å². The molecule has 1 atom stereocenters. The summed E-state index contributed by atoms with van der Waals surface area (Å²) in [6, 6.07) is 8.71. The number of halogens is 1. The zero-order chi connectivity index (χ0) is 11.3. The topological polar surface area (TPSA) is 23.5 Å². The maximum Gasteiger partial charge on any atom is 0.0558 e. The lowest BCUT2D eigenvalue weighted by atomic mass is 10.1. The Labute approximate surface area is 100 Å². The van der Waals surface area contributed by atoms with E-state index in [9.17, 15) is 0 Å². The second-order valence-corrected chi connectivity index (χ2v) is 4.70. The molecule has 0 aliphatic rings. The summed E-state index contributed by atoms with van der Waals surface area (Å²) in [4.78, 5) is 2.17. The first kappa shape index (κ1) is 12.7. The van der Waals surface area contributed by atoms with Crippen LogP contribution in [0, 0.1) is 0 Å². The molecular formula is C12H18BrNO. The molecule has 1 aromatic rings. The fraction of sp³-hybridized carbons (Fsp3) is 0.500. The van der Waals surface area contributed by atoms with Crippen LogP contribution in [0.15, 0.2) is 28.7 Å². The minimum Gasteiger partial charge on any atom is -0.395 e. The molecule has 3 heteroatoms. The van der Waals surface area contributed by atoms with E-state index >= 15 is 0 Å². The van der Waals surface area contributed by atoms with E-state index < -0.39 is 0 Å². The van der Waals surface area contributed by atoms with Crippen LogP contribution < -0.4 is 0 Å². The normalized spacial score (nSPS) is 13.1. The van der Waals surface area contributed by atoms with Gasteiger partial charge < -0.3 is 10.0 Å². The molecule has 0 bridgehead atoms. The summed E-state index contributed by atoms with van der Waals surface area (Å²) in [6.07, 6.45) is 0.998. The Hall–Kier alpha value is -0.380. The van der Waals surface area contributed by atoms with E-state index in [1.807, 2.05) is 13.1 Å². The van der Waals surface area contributed by atoms with Crippen LogP contribution in [-0.2, 0) is 6.42 Å². The Bertz CT molecular complexity index is 303. The summed E-state index contributed by atoms with van der Waals surface area (Å²) in [5.41, 5.74) is 1.31. The lowest BCUT2D eigenvalue weighted by Gasteiger charge is -2.24. The number of hydrogen-bond acceptors (Lipinski definition) is 2. The number of benzene rings is 1. The third-order valence-electron chi connectivity index (χ3n) is 2.68. The Morgan fingerprint density at radius 1 is 1.40 bits per heavy atom. The third-order valence-corrected chi connectivity index (χ3v) is 3.45. The van der Waals surface area contributed by atoms with Gasteiger partial charge in [0.25, 0.3) is 0 Å². The largest absolute Gasteiger partial charge is 0.395 e. The van der Waals surface area contributed by atoms with Crippen LogP contribution in [0.3, 0.4) is 0 Å². The van der Waals surface area contributed by atoms with Crippen LogP contribution in [0.25, 0.3) is 0 Å². The van der Waals surface area contributed by atoms with Gasteiger partial charge in [-0.3, -0.25) is 0 Å². The van der Waals surface area contributed by atoms with Gasteiger partial charge in [-0.25, -0.2) is 0 Å². The molecule has 1 unspecified atom stereocenters. The fourth-order valence-corrected chi connectivity index (χ4v) is 1.96. The molecular weight excluding hydrogens is 254 g/mol. The zero-order valence-electron chi connectivity index (χ0n) is 9.28. The highest BCUT2D eigenvalue weighted by atomic mass is 79.9. The van der Waals surface area contributed by atoms with E-state index in [4.69, 9.17) is 5.11 Å². The third kappa shape index (κ3) is 3.93. The Kier molecular flexibility index (Phi) is 5.29. The molecule has 0 spiro atoms. The number of nitrogens with zero attached hydrogens (tertiary/aromatic N) is 1. The molecule has 0 saturated heterocycles. The first-order valence-electron chi connectivity index (χ1n) is 5.19. The lowest BCUT2D eigenvalue weighted by Crippen LogP contribution is -2.33. The van der Waals surface area contributed by atoms with E-state index in [0.717, 1.165) is 17.4 Å². The summed E-state index contributed by atoms with van der Waals surface area (Å²) in [5, 5.41) is 8.86. The first-order chi connectivity index (χ1) is 7.15. The minimum absolute atomic E-state index is 0.219. The van der Waals surface area contributed by atoms with Crippen LogP contribution in [0.4, 0.5) is 0 Å². The van der Waals surface area contributed by atoms with Gasteiger partial charge in [0.2, 0.25) is 0 Å². The van der Waals surface area contributed by atoms with E-state index in [-0.39, 0.29) is 6.61 Å². The second-order valence-electron chi connectivity index (χ2n) is 3.85. The smallest absolute Gasteiger partial charge is 0.0558 e. The van der Waals surface area contributed by atoms with E-state index in [1.54, 1.807) is 0 Å². The average molecular weight is 272 g/mol. The number of hydrogen-bond donors (Lipinski definition) is 1. The highest BCUT2D eigenvalue weighted by Crippen LogP contribution is 2.18. The number of aliphatic hydroxyl groups excluding tert-OH is 1. The van der Waals surface area contributed by atoms with Crippen molar-refractivity contribution in [1.29, 1.82) is 0 Å².